The molecule has 3 heterocycles. The zero-order valence-corrected chi connectivity index (χ0v) is 15.8. The van der Waals surface area contributed by atoms with Crippen LogP contribution in [0.1, 0.15) is 34.4 Å². The monoisotopic (exact) mass is 355 g/mol. The number of anilines is 1. The van der Waals surface area contributed by atoms with Gasteiger partial charge in [0.2, 0.25) is 5.91 Å². The third kappa shape index (κ3) is 3.61. The van der Waals surface area contributed by atoms with E-state index < -0.39 is 0 Å². The summed E-state index contributed by atoms with van der Waals surface area (Å²) in [6.45, 7) is 10.3. The zero-order valence-electron chi connectivity index (χ0n) is 15.8. The Hall–Kier alpha value is -2.70. The molecule has 7 nitrogen and oxygen atoms in total. The molecule has 1 aliphatic rings. The summed E-state index contributed by atoms with van der Waals surface area (Å²) in [6, 6.07) is 4.07. The van der Waals surface area contributed by atoms with Crippen LogP contribution in [0, 0.1) is 20.8 Å². The second-order valence-corrected chi connectivity index (χ2v) is 6.78. The summed E-state index contributed by atoms with van der Waals surface area (Å²) in [7, 11) is 0. The zero-order chi connectivity index (χ0) is 18.8. The highest BCUT2D eigenvalue weighted by Gasteiger charge is 2.23. The molecule has 0 bridgehead atoms. The van der Waals surface area contributed by atoms with Crippen molar-refractivity contribution in [3.05, 3.63) is 41.0 Å². The van der Waals surface area contributed by atoms with Gasteiger partial charge in [0.15, 0.2) is 5.78 Å². The number of hydrogen-bond donors (Lipinski definition) is 0. The van der Waals surface area contributed by atoms with E-state index in [1.807, 2.05) is 31.0 Å². The average molecular weight is 355 g/mol. The van der Waals surface area contributed by atoms with Crippen LogP contribution in [0.15, 0.2) is 18.3 Å². The molecule has 2 aromatic heterocycles. The molecule has 2 aromatic rings. The van der Waals surface area contributed by atoms with Crippen LogP contribution in [0.3, 0.4) is 0 Å². The van der Waals surface area contributed by atoms with Crippen molar-refractivity contribution in [2.24, 2.45) is 0 Å². The summed E-state index contributed by atoms with van der Waals surface area (Å²) in [5, 5.41) is 4.37. The Balaban J connectivity index is 1.62. The Labute approximate surface area is 153 Å². The van der Waals surface area contributed by atoms with Gasteiger partial charge in [0.1, 0.15) is 6.54 Å². The van der Waals surface area contributed by atoms with Crippen LogP contribution >= 0.6 is 0 Å². The highest BCUT2D eigenvalue weighted by molar-refractivity contribution is 5.96. The summed E-state index contributed by atoms with van der Waals surface area (Å²) in [6.07, 6.45) is 1.82. The average Bonchev–Trinajstić information content (AvgIpc) is 2.88. The number of ketones is 1. The van der Waals surface area contributed by atoms with Crippen LogP contribution in [-0.4, -0.2) is 57.5 Å². The quantitative estimate of drug-likeness (QED) is 0.782. The number of aryl methyl sites for hydroxylation is 2. The van der Waals surface area contributed by atoms with E-state index >= 15 is 0 Å². The molecule has 0 saturated carbocycles. The lowest BCUT2D eigenvalue weighted by Crippen LogP contribution is -2.49. The minimum Gasteiger partial charge on any atom is -0.368 e. The molecule has 1 aliphatic heterocycles. The molecule has 0 unspecified atom stereocenters. The lowest BCUT2D eigenvalue weighted by atomic mass is 10.1. The topological polar surface area (TPSA) is 71.3 Å². The first-order chi connectivity index (χ1) is 12.4. The predicted molar refractivity (Wildman–Crippen MR) is 99.5 cm³/mol. The van der Waals surface area contributed by atoms with Gasteiger partial charge in [-0.15, -0.1) is 0 Å². The molecular weight excluding hydrogens is 330 g/mol. The fraction of sp³-hybridized carbons (Fsp3) is 0.474. The SMILES string of the molecule is CC(=O)c1c(C)nn(CC(=O)N2CCN(c3ccnc(C)c3)CC2)c1C. The van der Waals surface area contributed by atoms with Gasteiger partial charge in [-0.05, 0) is 39.8 Å². The first-order valence-corrected chi connectivity index (χ1v) is 8.87. The summed E-state index contributed by atoms with van der Waals surface area (Å²) < 4.78 is 1.65. The van der Waals surface area contributed by atoms with Crippen molar-refractivity contribution in [2.75, 3.05) is 31.1 Å². The lowest BCUT2D eigenvalue weighted by Gasteiger charge is -2.36. The number of carbonyl (C=O) groups is 2. The number of piperazine rings is 1. The molecule has 0 aliphatic carbocycles. The van der Waals surface area contributed by atoms with Gasteiger partial charge in [0.05, 0.1) is 11.3 Å². The maximum atomic E-state index is 12.7. The smallest absolute Gasteiger partial charge is 0.244 e. The molecule has 0 N–H and O–H groups in total. The van der Waals surface area contributed by atoms with Crippen molar-refractivity contribution in [1.29, 1.82) is 0 Å². The number of Topliss-reactive ketones (excluding diaryl/α,β-unsaturated/α-hetero) is 1. The third-order valence-electron chi connectivity index (χ3n) is 4.90. The molecule has 138 valence electrons. The Morgan fingerprint density at radius 3 is 2.38 bits per heavy atom. The van der Waals surface area contributed by atoms with Crippen LogP contribution in [0.4, 0.5) is 5.69 Å². The molecule has 0 radical (unpaired) electrons. The minimum atomic E-state index is -0.0139. The molecule has 26 heavy (non-hydrogen) atoms. The summed E-state index contributed by atoms with van der Waals surface area (Å²) in [5.74, 6) is 0.0243. The maximum absolute atomic E-state index is 12.7. The Morgan fingerprint density at radius 1 is 1.12 bits per heavy atom. The number of nitrogens with zero attached hydrogens (tertiary/aromatic N) is 5. The van der Waals surface area contributed by atoms with Crippen molar-refractivity contribution < 1.29 is 9.59 Å². The van der Waals surface area contributed by atoms with Crippen molar-refractivity contribution >= 4 is 17.4 Å². The van der Waals surface area contributed by atoms with Gasteiger partial charge in [-0.2, -0.15) is 5.10 Å². The number of carbonyl (C=O) groups excluding carboxylic acids is 2. The van der Waals surface area contributed by atoms with E-state index in [0.29, 0.717) is 24.3 Å². The van der Waals surface area contributed by atoms with Gasteiger partial charge in [-0.3, -0.25) is 19.3 Å². The Morgan fingerprint density at radius 2 is 1.81 bits per heavy atom. The molecule has 3 rings (SSSR count). The standard InChI is InChI=1S/C19H25N5O2/c1-13-11-17(5-6-20-13)22-7-9-23(10-8-22)18(26)12-24-15(3)19(16(4)25)14(2)21-24/h5-6,11H,7-10,12H2,1-4H3. The Kier molecular flexibility index (Phi) is 5.06. The van der Waals surface area contributed by atoms with E-state index in [4.69, 9.17) is 0 Å². The van der Waals surface area contributed by atoms with E-state index in [-0.39, 0.29) is 18.2 Å². The van der Waals surface area contributed by atoms with Crippen LogP contribution in [0.2, 0.25) is 0 Å². The third-order valence-corrected chi connectivity index (χ3v) is 4.90. The van der Waals surface area contributed by atoms with Crippen molar-refractivity contribution in [3.63, 3.8) is 0 Å². The van der Waals surface area contributed by atoms with E-state index in [0.717, 1.165) is 30.2 Å². The summed E-state index contributed by atoms with van der Waals surface area (Å²) in [5.41, 5.74) is 4.20. The molecule has 1 saturated heterocycles. The molecule has 0 spiro atoms. The number of amides is 1. The normalized spacial score (nSPS) is 14.6. The van der Waals surface area contributed by atoms with E-state index in [2.05, 4.69) is 21.0 Å². The summed E-state index contributed by atoms with van der Waals surface area (Å²) in [4.78, 5) is 32.8. The van der Waals surface area contributed by atoms with Gasteiger partial charge in [0.25, 0.3) is 0 Å². The van der Waals surface area contributed by atoms with Crippen LogP contribution in [0.25, 0.3) is 0 Å². The van der Waals surface area contributed by atoms with Gasteiger partial charge in [0, 0.05) is 49.5 Å². The van der Waals surface area contributed by atoms with Crippen molar-refractivity contribution in [3.8, 4) is 0 Å². The molecule has 1 amide bonds. The number of aromatic nitrogens is 3. The summed E-state index contributed by atoms with van der Waals surface area (Å²) >= 11 is 0. The lowest BCUT2D eigenvalue weighted by molar-refractivity contribution is -0.132. The van der Waals surface area contributed by atoms with Gasteiger partial charge < -0.3 is 9.80 Å². The number of pyridine rings is 1. The van der Waals surface area contributed by atoms with Gasteiger partial charge in [-0.25, -0.2) is 0 Å². The van der Waals surface area contributed by atoms with Crippen molar-refractivity contribution in [1.82, 2.24) is 19.7 Å². The Bertz CT molecular complexity index is 834. The van der Waals surface area contributed by atoms with Crippen molar-refractivity contribution in [2.45, 2.75) is 34.2 Å². The number of rotatable bonds is 4. The van der Waals surface area contributed by atoms with E-state index in [1.165, 1.54) is 6.92 Å². The molecule has 0 aromatic carbocycles. The van der Waals surface area contributed by atoms with Gasteiger partial charge >= 0.3 is 0 Å². The fourth-order valence-electron chi connectivity index (χ4n) is 3.53. The fourth-order valence-corrected chi connectivity index (χ4v) is 3.53. The molecule has 7 heteroatoms. The molecular formula is C19H25N5O2. The van der Waals surface area contributed by atoms with Gasteiger partial charge in [-0.1, -0.05) is 0 Å². The minimum absolute atomic E-state index is 0.0139. The second kappa shape index (κ2) is 7.27. The maximum Gasteiger partial charge on any atom is 0.244 e. The predicted octanol–water partition coefficient (Wildman–Crippen LogP) is 1.75. The van der Waals surface area contributed by atoms with Crippen LogP contribution in [-0.2, 0) is 11.3 Å². The molecule has 1 fully saturated rings. The second-order valence-electron chi connectivity index (χ2n) is 6.78. The first kappa shape index (κ1) is 18.1. The first-order valence-electron chi connectivity index (χ1n) is 8.87. The largest absolute Gasteiger partial charge is 0.368 e. The molecule has 0 atom stereocenters. The number of hydrogen-bond acceptors (Lipinski definition) is 5. The van der Waals surface area contributed by atoms with Crippen LogP contribution in [0.5, 0.6) is 0 Å². The van der Waals surface area contributed by atoms with E-state index in [9.17, 15) is 9.59 Å². The highest BCUT2D eigenvalue weighted by Crippen LogP contribution is 2.17. The van der Waals surface area contributed by atoms with E-state index in [1.54, 1.807) is 11.6 Å². The highest BCUT2D eigenvalue weighted by atomic mass is 16.2. The van der Waals surface area contributed by atoms with Crippen LogP contribution < -0.4 is 4.90 Å².